The van der Waals surface area contributed by atoms with Crippen molar-refractivity contribution in [2.75, 3.05) is 44.6 Å². The van der Waals surface area contributed by atoms with Crippen LogP contribution in [0.2, 0.25) is 0 Å². The highest BCUT2D eigenvalue weighted by Gasteiger charge is 2.28. The van der Waals surface area contributed by atoms with Gasteiger partial charge in [-0.1, -0.05) is 6.07 Å². The Bertz CT molecular complexity index is 1110. The van der Waals surface area contributed by atoms with Gasteiger partial charge in [-0.05, 0) is 25.0 Å². The maximum absolute atomic E-state index is 12.9. The zero-order chi connectivity index (χ0) is 23.9. The molecule has 1 aliphatic rings. The molecule has 34 heavy (non-hydrogen) atoms. The lowest BCUT2D eigenvalue weighted by Gasteiger charge is -2.32. The van der Waals surface area contributed by atoms with Crippen molar-refractivity contribution < 1.29 is 23.7 Å². The summed E-state index contributed by atoms with van der Waals surface area (Å²) >= 11 is 0. The molecule has 0 saturated carbocycles. The van der Waals surface area contributed by atoms with Gasteiger partial charge in [-0.2, -0.15) is 0 Å². The topological polar surface area (TPSA) is 95.0 Å². The van der Waals surface area contributed by atoms with Crippen molar-refractivity contribution in [3.8, 4) is 28.9 Å². The molecule has 0 unspecified atom stereocenters. The van der Waals surface area contributed by atoms with Crippen LogP contribution < -0.4 is 29.2 Å². The van der Waals surface area contributed by atoms with E-state index in [1.165, 1.54) is 0 Å². The van der Waals surface area contributed by atoms with E-state index >= 15 is 0 Å². The third-order valence-corrected chi connectivity index (χ3v) is 5.69. The van der Waals surface area contributed by atoms with E-state index in [9.17, 15) is 4.79 Å². The summed E-state index contributed by atoms with van der Waals surface area (Å²) in [5, 5.41) is 2.99. The van der Waals surface area contributed by atoms with E-state index < -0.39 is 0 Å². The molecule has 9 heteroatoms. The number of hydrogen-bond acceptors (Lipinski definition) is 8. The fourth-order valence-corrected chi connectivity index (χ4v) is 3.86. The van der Waals surface area contributed by atoms with Gasteiger partial charge in [-0.25, -0.2) is 9.97 Å². The molecule has 1 N–H and O–H groups in total. The summed E-state index contributed by atoms with van der Waals surface area (Å²) in [6, 6.07) is 12.6. The number of piperidine rings is 1. The van der Waals surface area contributed by atoms with E-state index in [4.69, 9.17) is 18.9 Å². The normalized spacial score (nSPS) is 13.8. The first-order valence-corrected chi connectivity index (χ1v) is 11.0. The minimum absolute atomic E-state index is 0.0260. The van der Waals surface area contributed by atoms with Gasteiger partial charge in [-0.3, -0.25) is 4.79 Å². The van der Waals surface area contributed by atoms with Gasteiger partial charge in [0.2, 0.25) is 5.91 Å². The Morgan fingerprint density at radius 3 is 2.18 bits per heavy atom. The maximum atomic E-state index is 12.9. The van der Waals surface area contributed by atoms with Crippen molar-refractivity contribution in [3.63, 3.8) is 0 Å². The summed E-state index contributed by atoms with van der Waals surface area (Å²) in [7, 11) is 4.77. The van der Waals surface area contributed by atoms with Crippen LogP contribution in [0.1, 0.15) is 12.8 Å². The van der Waals surface area contributed by atoms with E-state index in [-0.39, 0.29) is 11.8 Å². The van der Waals surface area contributed by atoms with E-state index in [0.29, 0.717) is 66.3 Å². The fourth-order valence-electron chi connectivity index (χ4n) is 3.86. The largest absolute Gasteiger partial charge is 0.497 e. The lowest BCUT2D eigenvalue weighted by Crippen LogP contribution is -2.38. The Hall–Kier alpha value is -4.01. The number of ether oxygens (including phenoxy) is 4. The molecule has 1 amide bonds. The molecule has 178 valence electrons. The van der Waals surface area contributed by atoms with Crippen LogP contribution in [0.15, 0.2) is 54.9 Å². The van der Waals surface area contributed by atoms with Crippen molar-refractivity contribution in [3.05, 3.63) is 54.9 Å². The minimum Gasteiger partial charge on any atom is -0.497 e. The summed E-state index contributed by atoms with van der Waals surface area (Å²) < 4.78 is 21.8. The number of nitrogens with zero attached hydrogens (tertiary/aromatic N) is 3. The van der Waals surface area contributed by atoms with Gasteiger partial charge in [-0.15, -0.1) is 0 Å². The molecule has 9 nitrogen and oxygen atoms in total. The monoisotopic (exact) mass is 464 g/mol. The number of methoxy groups -OCH3 is 3. The third-order valence-electron chi connectivity index (χ3n) is 5.69. The van der Waals surface area contributed by atoms with Gasteiger partial charge in [0.15, 0.2) is 5.82 Å². The molecule has 4 rings (SSSR count). The van der Waals surface area contributed by atoms with Crippen molar-refractivity contribution in [2.24, 2.45) is 5.92 Å². The van der Waals surface area contributed by atoms with Crippen molar-refractivity contribution in [1.29, 1.82) is 0 Å². The Balaban J connectivity index is 1.40. The number of rotatable bonds is 8. The average molecular weight is 465 g/mol. The molecule has 0 atom stereocenters. The molecule has 0 spiro atoms. The molecule has 3 aromatic rings. The van der Waals surface area contributed by atoms with Crippen LogP contribution in [0, 0.1) is 5.92 Å². The van der Waals surface area contributed by atoms with Crippen molar-refractivity contribution in [2.45, 2.75) is 12.8 Å². The van der Waals surface area contributed by atoms with Gasteiger partial charge in [0.1, 0.15) is 23.0 Å². The Morgan fingerprint density at radius 1 is 0.882 bits per heavy atom. The quantitative estimate of drug-likeness (QED) is 0.531. The van der Waals surface area contributed by atoms with Gasteiger partial charge >= 0.3 is 0 Å². The standard InChI is InChI=1S/C25H28N4O5/c1-31-19-5-4-6-20(15-19)34-25-23(26-9-10-27-25)29-11-7-17(8-12-29)24(30)28-18-13-21(32-2)16-22(14-18)33-3/h4-6,9-10,13-17H,7-8,11-12H2,1-3H3,(H,28,30). The number of nitrogens with one attached hydrogen (secondary N) is 1. The second kappa shape index (κ2) is 10.7. The predicted molar refractivity (Wildman–Crippen MR) is 128 cm³/mol. The summed E-state index contributed by atoms with van der Waals surface area (Å²) in [6.45, 7) is 1.32. The number of carbonyl (C=O) groups excluding carboxylic acids is 1. The number of amides is 1. The highest BCUT2D eigenvalue weighted by Crippen LogP contribution is 2.33. The van der Waals surface area contributed by atoms with E-state index in [0.717, 1.165) is 0 Å². The minimum atomic E-state index is -0.118. The first-order chi connectivity index (χ1) is 16.6. The molecule has 1 aromatic heterocycles. The van der Waals surface area contributed by atoms with Gasteiger partial charge in [0.25, 0.3) is 5.88 Å². The second-order valence-electron chi connectivity index (χ2n) is 7.82. The molecule has 1 fully saturated rings. The number of benzene rings is 2. The average Bonchev–Trinajstić information content (AvgIpc) is 2.89. The van der Waals surface area contributed by atoms with E-state index in [2.05, 4.69) is 20.2 Å². The molecule has 0 radical (unpaired) electrons. The van der Waals surface area contributed by atoms with Crippen LogP contribution in [0.25, 0.3) is 0 Å². The van der Waals surface area contributed by atoms with Crippen LogP contribution in [0.4, 0.5) is 11.5 Å². The van der Waals surface area contributed by atoms with Gasteiger partial charge in [0, 0.05) is 61.4 Å². The Morgan fingerprint density at radius 2 is 1.50 bits per heavy atom. The van der Waals surface area contributed by atoms with Gasteiger partial charge in [0.05, 0.1) is 21.3 Å². The van der Waals surface area contributed by atoms with Crippen LogP contribution in [0.3, 0.4) is 0 Å². The van der Waals surface area contributed by atoms with Crippen molar-refractivity contribution >= 4 is 17.4 Å². The highest BCUT2D eigenvalue weighted by atomic mass is 16.5. The van der Waals surface area contributed by atoms with Crippen LogP contribution in [-0.2, 0) is 4.79 Å². The fraction of sp³-hybridized carbons (Fsp3) is 0.320. The Kier molecular flexibility index (Phi) is 7.31. The van der Waals surface area contributed by atoms with Crippen LogP contribution in [0.5, 0.6) is 28.9 Å². The molecule has 1 aliphatic heterocycles. The SMILES string of the molecule is COc1cc(NC(=O)C2CCN(c3nccnc3Oc3cccc(OC)c3)CC2)cc(OC)c1. The molecule has 2 aromatic carbocycles. The van der Waals surface area contributed by atoms with Crippen molar-refractivity contribution in [1.82, 2.24) is 9.97 Å². The van der Waals surface area contributed by atoms with Crippen LogP contribution >= 0.6 is 0 Å². The third kappa shape index (κ3) is 5.48. The van der Waals surface area contributed by atoms with Gasteiger partial charge < -0.3 is 29.2 Å². The summed E-state index contributed by atoms with van der Waals surface area (Å²) in [5.41, 5.74) is 0.645. The first-order valence-electron chi connectivity index (χ1n) is 11.0. The number of anilines is 2. The lowest BCUT2D eigenvalue weighted by atomic mass is 9.96. The Labute approximate surface area is 198 Å². The highest BCUT2D eigenvalue weighted by molar-refractivity contribution is 5.93. The molecular formula is C25H28N4O5. The first kappa shape index (κ1) is 23.2. The number of aromatic nitrogens is 2. The predicted octanol–water partition coefficient (Wildman–Crippen LogP) is 4.15. The molecule has 0 bridgehead atoms. The van der Waals surface area contributed by atoms with E-state index in [1.807, 2.05) is 18.2 Å². The maximum Gasteiger partial charge on any atom is 0.263 e. The number of hydrogen-bond donors (Lipinski definition) is 1. The summed E-state index contributed by atoms with van der Waals surface area (Å²) in [6.07, 6.45) is 4.61. The molecule has 2 heterocycles. The zero-order valence-corrected chi connectivity index (χ0v) is 19.5. The lowest BCUT2D eigenvalue weighted by molar-refractivity contribution is -0.120. The zero-order valence-electron chi connectivity index (χ0n) is 19.5. The smallest absolute Gasteiger partial charge is 0.263 e. The number of carbonyl (C=O) groups is 1. The molecule has 0 aliphatic carbocycles. The van der Waals surface area contributed by atoms with E-state index in [1.54, 1.807) is 58.0 Å². The second-order valence-corrected chi connectivity index (χ2v) is 7.82. The van der Waals surface area contributed by atoms with Crippen LogP contribution in [-0.4, -0.2) is 50.3 Å². The summed E-state index contributed by atoms with van der Waals surface area (Å²) in [5.74, 6) is 3.48. The molecular weight excluding hydrogens is 436 g/mol. The summed E-state index contributed by atoms with van der Waals surface area (Å²) in [4.78, 5) is 23.9. The molecule has 1 saturated heterocycles.